The van der Waals surface area contributed by atoms with Crippen LogP contribution in [0.3, 0.4) is 0 Å². The summed E-state index contributed by atoms with van der Waals surface area (Å²) < 4.78 is 20.1. The first-order valence-electron chi connectivity index (χ1n) is 5.27. The van der Waals surface area contributed by atoms with Crippen molar-refractivity contribution in [3.63, 3.8) is 0 Å². The average Bonchev–Trinajstić information content (AvgIpc) is 2.53. The Morgan fingerprint density at radius 2 is 2.24 bits per heavy atom. The molecule has 0 unspecified atom stereocenters. The number of nitrogens with zero attached hydrogens (tertiary/aromatic N) is 1. The van der Waals surface area contributed by atoms with Gasteiger partial charge in [-0.1, -0.05) is 6.07 Å². The fraction of sp³-hybridized carbons (Fsp3) is 0.250. The van der Waals surface area contributed by atoms with E-state index in [1.54, 1.807) is 30.7 Å². The number of nitrogens with two attached hydrogens (primary N) is 1. The SMILES string of the molecule is CCOC(=O)c1c(N)c2c(F)cccc2n1C. The summed E-state index contributed by atoms with van der Waals surface area (Å²) in [6, 6.07) is 4.59. The maximum absolute atomic E-state index is 13.6. The molecule has 2 rings (SSSR count). The summed E-state index contributed by atoms with van der Waals surface area (Å²) in [6.45, 7) is 1.96. The van der Waals surface area contributed by atoms with Crippen LogP contribution < -0.4 is 5.73 Å². The topological polar surface area (TPSA) is 57.2 Å². The zero-order valence-corrected chi connectivity index (χ0v) is 9.66. The lowest BCUT2D eigenvalue weighted by Gasteiger charge is -2.04. The second kappa shape index (κ2) is 4.08. The molecule has 4 nitrogen and oxygen atoms in total. The number of nitrogen functional groups attached to an aromatic ring is 1. The van der Waals surface area contributed by atoms with Crippen LogP contribution in [0.1, 0.15) is 17.4 Å². The summed E-state index contributed by atoms with van der Waals surface area (Å²) in [6.07, 6.45) is 0. The fourth-order valence-electron chi connectivity index (χ4n) is 1.92. The van der Waals surface area contributed by atoms with Crippen molar-refractivity contribution in [1.29, 1.82) is 0 Å². The third-order valence-electron chi connectivity index (χ3n) is 2.68. The van der Waals surface area contributed by atoms with Gasteiger partial charge in [0.15, 0.2) is 5.69 Å². The number of ether oxygens (including phenoxy) is 1. The molecule has 0 aliphatic heterocycles. The van der Waals surface area contributed by atoms with Crippen molar-refractivity contribution in [2.75, 3.05) is 12.3 Å². The van der Waals surface area contributed by atoms with Gasteiger partial charge in [-0.2, -0.15) is 0 Å². The van der Waals surface area contributed by atoms with E-state index in [2.05, 4.69) is 0 Å². The molecule has 1 aromatic carbocycles. The lowest BCUT2D eigenvalue weighted by atomic mass is 10.2. The second-order valence-corrected chi connectivity index (χ2v) is 3.68. The van der Waals surface area contributed by atoms with E-state index in [1.807, 2.05) is 0 Å². The molecule has 0 amide bonds. The number of hydrogen-bond acceptors (Lipinski definition) is 3. The molecule has 2 N–H and O–H groups in total. The number of fused-ring (bicyclic) bond motifs is 1. The average molecular weight is 236 g/mol. The van der Waals surface area contributed by atoms with Gasteiger partial charge in [0.25, 0.3) is 0 Å². The number of rotatable bonds is 2. The molecule has 0 aliphatic rings. The maximum atomic E-state index is 13.6. The molecule has 1 heterocycles. The van der Waals surface area contributed by atoms with Crippen molar-refractivity contribution in [3.05, 3.63) is 29.7 Å². The molecule has 0 bridgehead atoms. The number of anilines is 1. The van der Waals surface area contributed by atoms with Crippen molar-refractivity contribution in [1.82, 2.24) is 4.57 Å². The zero-order valence-electron chi connectivity index (χ0n) is 9.66. The number of hydrogen-bond donors (Lipinski definition) is 1. The van der Waals surface area contributed by atoms with Gasteiger partial charge in [-0.05, 0) is 19.1 Å². The van der Waals surface area contributed by atoms with E-state index in [1.165, 1.54) is 6.07 Å². The summed E-state index contributed by atoms with van der Waals surface area (Å²) in [4.78, 5) is 11.7. The second-order valence-electron chi connectivity index (χ2n) is 3.68. The van der Waals surface area contributed by atoms with Crippen LogP contribution in [0.5, 0.6) is 0 Å². The zero-order chi connectivity index (χ0) is 12.6. The van der Waals surface area contributed by atoms with Gasteiger partial charge in [0.05, 0.1) is 23.2 Å². The number of aryl methyl sites for hydroxylation is 1. The molecule has 0 fully saturated rings. The molecule has 90 valence electrons. The van der Waals surface area contributed by atoms with E-state index in [4.69, 9.17) is 10.5 Å². The molecule has 17 heavy (non-hydrogen) atoms. The van der Waals surface area contributed by atoms with Crippen LogP contribution >= 0.6 is 0 Å². The van der Waals surface area contributed by atoms with Gasteiger partial charge in [0.1, 0.15) is 5.82 Å². The summed E-state index contributed by atoms with van der Waals surface area (Å²) >= 11 is 0. The molecule has 0 radical (unpaired) electrons. The van der Waals surface area contributed by atoms with E-state index < -0.39 is 11.8 Å². The molecule has 2 aromatic rings. The molecule has 0 spiro atoms. The first kappa shape index (κ1) is 11.4. The Balaban J connectivity index is 2.73. The number of aromatic nitrogens is 1. The minimum atomic E-state index is -0.539. The number of carbonyl (C=O) groups is 1. The molecule has 0 saturated heterocycles. The quantitative estimate of drug-likeness (QED) is 0.812. The van der Waals surface area contributed by atoms with Gasteiger partial charge in [-0.3, -0.25) is 0 Å². The Morgan fingerprint density at radius 3 is 2.82 bits per heavy atom. The number of halogens is 1. The lowest BCUT2D eigenvalue weighted by Crippen LogP contribution is -2.11. The summed E-state index contributed by atoms with van der Waals surface area (Å²) in [5.74, 6) is -0.978. The third-order valence-corrected chi connectivity index (χ3v) is 2.68. The largest absolute Gasteiger partial charge is 0.461 e. The van der Waals surface area contributed by atoms with Crippen molar-refractivity contribution >= 4 is 22.6 Å². The van der Waals surface area contributed by atoms with Crippen LogP contribution in [0.25, 0.3) is 10.9 Å². The minimum absolute atomic E-state index is 0.124. The third kappa shape index (κ3) is 1.63. The van der Waals surface area contributed by atoms with E-state index in [0.29, 0.717) is 5.52 Å². The molecule has 0 aliphatic carbocycles. The Morgan fingerprint density at radius 1 is 1.53 bits per heavy atom. The first-order chi connectivity index (χ1) is 8.07. The summed E-state index contributed by atoms with van der Waals surface area (Å²) in [7, 11) is 1.66. The normalized spacial score (nSPS) is 10.8. The van der Waals surface area contributed by atoms with E-state index in [-0.39, 0.29) is 23.4 Å². The standard InChI is InChI=1S/C12H13FN2O2/c1-3-17-12(16)11-10(14)9-7(13)5-4-6-8(9)15(11)2/h4-6H,3,14H2,1-2H3. The fourth-order valence-corrected chi connectivity index (χ4v) is 1.92. The Kier molecular flexibility index (Phi) is 2.75. The van der Waals surface area contributed by atoms with Crippen LogP contribution in [0.2, 0.25) is 0 Å². The Labute approximate surface area is 97.8 Å². The van der Waals surface area contributed by atoms with Crippen molar-refractivity contribution in [3.8, 4) is 0 Å². The van der Waals surface area contributed by atoms with E-state index in [9.17, 15) is 9.18 Å². The van der Waals surface area contributed by atoms with Crippen LogP contribution in [-0.2, 0) is 11.8 Å². The van der Waals surface area contributed by atoms with Crippen LogP contribution in [0.15, 0.2) is 18.2 Å². The number of benzene rings is 1. The molecule has 0 saturated carbocycles. The Hall–Kier alpha value is -2.04. The number of carbonyl (C=O) groups excluding carboxylic acids is 1. The smallest absolute Gasteiger partial charge is 0.357 e. The lowest BCUT2D eigenvalue weighted by molar-refractivity contribution is 0.0517. The predicted molar refractivity (Wildman–Crippen MR) is 63.2 cm³/mol. The van der Waals surface area contributed by atoms with Crippen molar-refractivity contribution in [2.45, 2.75) is 6.92 Å². The highest BCUT2D eigenvalue weighted by atomic mass is 19.1. The van der Waals surface area contributed by atoms with Crippen LogP contribution in [-0.4, -0.2) is 17.1 Å². The van der Waals surface area contributed by atoms with E-state index >= 15 is 0 Å². The van der Waals surface area contributed by atoms with Gasteiger partial charge in [0, 0.05) is 7.05 Å². The first-order valence-corrected chi connectivity index (χ1v) is 5.27. The van der Waals surface area contributed by atoms with Gasteiger partial charge >= 0.3 is 5.97 Å². The minimum Gasteiger partial charge on any atom is -0.461 e. The number of esters is 1. The predicted octanol–water partition coefficient (Wildman–Crippen LogP) is 2.08. The van der Waals surface area contributed by atoms with Gasteiger partial charge in [-0.15, -0.1) is 0 Å². The van der Waals surface area contributed by atoms with Gasteiger partial charge in [-0.25, -0.2) is 9.18 Å². The summed E-state index contributed by atoms with van der Waals surface area (Å²) in [5, 5.41) is 0.262. The van der Waals surface area contributed by atoms with Gasteiger partial charge in [0.2, 0.25) is 0 Å². The molecule has 0 atom stereocenters. The summed E-state index contributed by atoms with van der Waals surface area (Å²) in [5.41, 5.74) is 6.70. The van der Waals surface area contributed by atoms with E-state index in [0.717, 1.165) is 0 Å². The molecular formula is C12H13FN2O2. The highest BCUT2D eigenvalue weighted by Gasteiger charge is 2.21. The van der Waals surface area contributed by atoms with Gasteiger partial charge < -0.3 is 15.0 Å². The van der Waals surface area contributed by atoms with Crippen molar-refractivity contribution < 1.29 is 13.9 Å². The van der Waals surface area contributed by atoms with Crippen molar-refractivity contribution in [2.24, 2.45) is 7.05 Å². The Bertz CT molecular complexity index is 590. The molecule has 1 aromatic heterocycles. The molecular weight excluding hydrogens is 223 g/mol. The van der Waals surface area contributed by atoms with Crippen LogP contribution in [0.4, 0.5) is 10.1 Å². The maximum Gasteiger partial charge on any atom is 0.357 e. The monoisotopic (exact) mass is 236 g/mol. The highest BCUT2D eigenvalue weighted by Crippen LogP contribution is 2.30. The highest BCUT2D eigenvalue weighted by molar-refractivity contribution is 6.06. The van der Waals surface area contributed by atoms with Crippen LogP contribution in [0, 0.1) is 5.82 Å². The molecule has 5 heteroatoms.